The summed E-state index contributed by atoms with van der Waals surface area (Å²) < 4.78 is 5.80. The minimum Gasteiger partial charge on any atom is -0.462 e. The molecule has 0 radical (unpaired) electrons. The third-order valence-electron chi connectivity index (χ3n) is 6.51. The van der Waals surface area contributed by atoms with Crippen LogP contribution in [0.3, 0.4) is 0 Å². The van der Waals surface area contributed by atoms with E-state index in [-0.39, 0.29) is 11.4 Å². The highest BCUT2D eigenvalue weighted by Gasteiger charge is 2.51. The van der Waals surface area contributed by atoms with Gasteiger partial charge in [-0.15, -0.1) is 0 Å². The summed E-state index contributed by atoms with van der Waals surface area (Å²) in [7, 11) is 0. The summed E-state index contributed by atoms with van der Waals surface area (Å²) in [6.07, 6.45) is 9.85. The highest BCUT2D eigenvalue weighted by molar-refractivity contribution is 5.94. The number of hydrogen-bond donors (Lipinski definition) is 0. The molecule has 3 heteroatoms. The zero-order valence-corrected chi connectivity index (χ0v) is 13.9. The molecule has 4 saturated carbocycles. The van der Waals surface area contributed by atoms with Crippen LogP contribution < -0.4 is 0 Å². The number of benzene rings is 1. The number of carbonyl (C=O) groups is 1. The molecule has 2 aromatic rings. The van der Waals surface area contributed by atoms with Crippen molar-refractivity contribution in [3.8, 4) is 0 Å². The minimum atomic E-state index is -0.184. The van der Waals surface area contributed by atoms with Crippen molar-refractivity contribution in [2.24, 2.45) is 23.2 Å². The van der Waals surface area contributed by atoms with E-state index in [2.05, 4.69) is 4.98 Å². The monoisotopic (exact) mass is 321 g/mol. The largest absolute Gasteiger partial charge is 0.462 e. The topological polar surface area (TPSA) is 39.2 Å². The first-order chi connectivity index (χ1) is 11.7. The summed E-state index contributed by atoms with van der Waals surface area (Å²) >= 11 is 0. The van der Waals surface area contributed by atoms with E-state index in [1.165, 1.54) is 38.5 Å². The first-order valence-electron chi connectivity index (χ1n) is 9.21. The van der Waals surface area contributed by atoms with E-state index in [9.17, 15) is 4.79 Å². The Kier molecular flexibility index (Phi) is 3.19. The van der Waals surface area contributed by atoms with Gasteiger partial charge in [0.2, 0.25) is 0 Å². The fraction of sp³-hybridized carbons (Fsp3) is 0.524. The van der Waals surface area contributed by atoms with Gasteiger partial charge in [-0.25, -0.2) is 4.79 Å². The summed E-state index contributed by atoms with van der Waals surface area (Å²) in [5.41, 5.74) is 1.83. The molecule has 24 heavy (non-hydrogen) atoms. The Bertz CT molecular complexity index is 762. The second kappa shape index (κ2) is 5.30. The molecule has 0 aliphatic heterocycles. The Balaban J connectivity index is 1.31. The molecule has 0 spiro atoms. The number of ether oxygens (including phenoxy) is 1. The van der Waals surface area contributed by atoms with Crippen molar-refractivity contribution in [3.05, 3.63) is 42.1 Å². The van der Waals surface area contributed by atoms with E-state index in [0.717, 1.165) is 28.7 Å². The smallest absolute Gasteiger partial charge is 0.338 e. The number of carbonyl (C=O) groups excluding carboxylic acids is 1. The molecule has 124 valence electrons. The number of rotatable bonds is 3. The second-order valence-electron chi connectivity index (χ2n) is 8.40. The van der Waals surface area contributed by atoms with E-state index < -0.39 is 0 Å². The molecular formula is C21H23NO2. The van der Waals surface area contributed by atoms with Crippen LogP contribution in [0.2, 0.25) is 0 Å². The van der Waals surface area contributed by atoms with Gasteiger partial charge in [-0.05, 0) is 80.5 Å². The summed E-state index contributed by atoms with van der Waals surface area (Å²) in [6, 6.07) is 9.50. The third kappa shape index (κ3) is 2.42. The van der Waals surface area contributed by atoms with Crippen molar-refractivity contribution in [3.63, 3.8) is 0 Å². The van der Waals surface area contributed by atoms with Gasteiger partial charge in [-0.1, -0.05) is 6.07 Å². The minimum absolute atomic E-state index is 0.184. The van der Waals surface area contributed by atoms with Gasteiger partial charge >= 0.3 is 5.97 Å². The highest BCUT2D eigenvalue weighted by Crippen LogP contribution is 2.60. The van der Waals surface area contributed by atoms with Crippen LogP contribution >= 0.6 is 0 Å². The summed E-state index contributed by atoms with van der Waals surface area (Å²) in [6.45, 7) is 0.612. The fourth-order valence-corrected chi connectivity index (χ4v) is 5.97. The van der Waals surface area contributed by atoms with Gasteiger partial charge in [0.05, 0.1) is 17.7 Å². The van der Waals surface area contributed by atoms with Gasteiger partial charge in [-0.3, -0.25) is 4.98 Å². The molecule has 0 amide bonds. The van der Waals surface area contributed by atoms with Crippen molar-refractivity contribution in [2.45, 2.75) is 38.5 Å². The molecule has 1 aromatic heterocycles. The Morgan fingerprint density at radius 1 is 1.08 bits per heavy atom. The average molecular weight is 321 g/mol. The van der Waals surface area contributed by atoms with E-state index in [0.29, 0.717) is 12.2 Å². The molecule has 4 fully saturated rings. The van der Waals surface area contributed by atoms with Gasteiger partial charge in [-0.2, -0.15) is 0 Å². The van der Waals surface area contributed by atoms with E-state index >= 15 is 0 Å². The molecule has 0 unspecified atom stereocenters. The van der Waals surface area contributed by atoms with Gasteiger partial charge < -0.3 is 4.74 Å². The van der Waals surface area contributed by atoms with Gasteiger partial charge in [0.15, 0.2) is 0 Å². The molecule has 0 N–H and O–H groups in total. The van der Waals surface area contributed by atoms with Crippen LogP contribution in [-0.2, 0) is 4.74 Å². The second-order valence-corrected chi connectivity index (χ2v) is 8.40. The van der Waals surface area contributed by atoms with Crippen molar-refractivity contribution < 1.29 is 9.53 Å². The molecule has 4 aliphatic rings. The molecule has 0 atom stereocenters. The van der Waals surface area contributed by atoms with Crippen LogP contribution in [0.25, 0.3) is 10.9 Å². The molecule has 0 saturated heterocycles. The van der Waals surface area contributed by atoms with Gasteiger partial charge in [0, 0.05) is 17.0 Å². The summed E-state index contributed by atoms with van der Waals surface area (Å²) in [5.74, 6) is 2.49. The van der Waals surface area contributed by atoms with Crippen LogP contribution in [0, 0.1) is 23.2 Å². The van der Waals surface area contributed by atoms with Crippen molar-refractivity contribution >= 4 is 16.9 Å². The number of pyridine rings is 1. The molecule has 4 bridgehead atoms. The lowest BCUT2D eigenvalue weighted by Crippen LogP contribution is -2.48. The van der Waals surface area contributed by atoms with Crippen LogP contribution in [0.4, 0.5) is 0 Å². The maximum absolute atomic E-state index is 12.5. The first-order valence-corrected chi connectivity index (χ1v) is 9.21. The standard InChI is InChI=1S/C21H23NO2/c23-20(18-3-4-19-17(9-18)2-1-5-22-19)24-13-21-10-14-6-15(11-21)8-16(7-14)12-21/h1-5,9,14-16H,6-8,10-13H2. The van der Waals surface area contributed by atoms with Crippen LogP contribution in [0.5, 0.6) is 0 Å². The van der Waals surface area contributed by atoms with Crippen molar-refractivity contribution in [1.29, 1.82) is 0 Å². The molecule has 6 rings (SSSR count). The van der Waals surface area contributed by atoms with E-state index in [1.54, 1.807) is 6.20 Å². The van der Waals surface area contributed by atoms with Crippen LogP contribution in [0.15, 0.2) is 36.5 Å². The number of aromatic nitrogens is 1. The zero-order chi connectivity index (χ0) is 16.1. The lowest BCUT2D eigenvalue weighted by molar-refractivity contribution is -0.0848. The Labute approximate surface area is 142 Å². The summed E-state index contributed by atoms with van der Waals surface area (Å²) in [4.78, 5) is 16.8. The highest BCUT2D eigenvalue weighted by atomic mass is 16.5. The Hall–Kier alpha value is -1.90. The summed E-state index contributed by atoms with van der Waals surface area (Å²) in [5, 5.41) is 0.988. The van der Waals surface area contributed by atoms with Gasteiger partial charge in [0.25, 0.3) is 0 Å². The molecule has 1 heterocycles. The SMILES string of the molecule is O=C(OCC12CC3CC(CC(C3)C1)C2)c1ccc2ncccc2c1. The zero-order valence-electron chi connectivity index (χ0n) is 13.9. The first kappa shape index (κ1) is 14.4. The van der Waals surface area contributed by atoms with Crippen LogP contribution in [0.1, 0.15) is 48.9 Å². The Morgan fingerprint density at radius 3 is 2.50 bits per heavy atom. The molecule has 4 aliphatic carbocycles. The third-order valence-corrected chi connectivity index (χ3v) is 6.51. The average Bonchev–Trinajstić information content (AvgIpc) is 2.58. The number of nitrogens with zero attached hydrogens (tertiary/aromatic N) is 1. The molecular weight excluding hydrogens is 298 g/mol. The maximum atomic E-state index is 12.5. The van der Waals surface area contributed by atoms with Gasteiger partial charge in [0.1, 0.15) is 0 Å². The number of fused-ring (bicyclic) bond motifs is 1. The number of esters is 1. The molecule has 1 aromatic carbocycles. The normalized spacial score (nSPS) is 33.8. The predicted octanol–water partition coefficient (Wildman–Crippen LogP) is 4.61. The quantitative estimate of drug-likeness (QED) is 0.775. The fourth-order valence-electron chi connectivity index (χ4n) is 5.97. The lowest BCUT2D eigenvalue weighted by atomic mass is 9.50. The Morgan fingerprint density at radius 2 is 1.79 bits per heavy atom. The van der Waals surface area contributed by atoms with E-state index in [4.69, 9.17) is 4.74 Å². The van der Waals surface area contributed by atoms with Crippen molar-refractivity contribution in [1.82, 2.24) is 4.98 Å². The van der Waals surface area contributed by atoms with E-state index in [1.807, 2.05) is 30.3 Å². The number of hydrogen-bond acceptors (Lipinski definition) is 3. The van der Waals surface area contributed by atoms with Crippen LogP contribution in [-0.4, -0.2) is 17.6 Å². The van der Waals surface area contributed by atoms with Crippen molar-refractivity contribution in [2.75, 3.05) is 6.61 Å². The molecule has 3 nitrogen and oxygen atoms in total. The lowest BCUT2D eigenvalue weighted by Gasteiger charge is -2.56. The predicted molar refractivity (Wildman–Crippen MR) is 92.6 cm³/mol. The maximum Gasteiger partial charge on any atom is 0.338 e.